The third kappa shape index (κ3) is 1.60. The summed E-state index contributed by atoms with van der Waals surface area (Å²) < 4.78 is 5.09. The normalized spacial score (nSPS) is 18.3. The Balaban J connectivity index is 1.95. The van der Waals surface area contributed by atoms with Crippen molar-refractivity contribution in [2.45, 2.75) is 13.3 Å². The van der Waals surface area contributed by atoms with E-state index in [1.54, 1.807) is 11.3 Å². The van der Waals surface area contributed by atoms with Gasteiger partial charge in [0.15, 0.2) is 0 Å². The Labute approximate surface area is 70.2 Å². The van der Waals surface area contributed by atoms with Crippen molar-refractivity contribution in [2.75, 3.05) is 13.2 Å². The summed E-state index contributed by atoms with van der Waals surface area (Å²) in [5.74, 6) is 0.737. The lowest BCUT2D eigenvalue weighted by molar-refractivity contribution is -0.0312. The molecule has 0 radical (unpaired) electrons. The number of aromatic nitrogens is 1. The Kier molecular flexibility index (Phi) is 1.92. The third-order valence-electron chi connectivity index (χ3n) is 1.84. The molecule has 0 aliphatic carbocycles. The number of rotatable bonds is 2. The average molecular weight is 169 g/mol. The molecule has 3 heteroatoms. The van der Waals surface area contributed by atoms with Gasteiger partial charge in [0.05, 0.1) is 18.2 Å². The molecular formula is C8H11NOS. The van der Waals surface area contributed by atoms with Crippen LogP contribution in [0, 0.1) is 12.8 Å². The lowest BCUT2D eigenvalue weighted by atomic mass is 10.1. The van der Waals surface area contributed by atoms with E-state index in [0.717, 1.165) is 31.2 Å². The van der Waals surface area contributed by atoms with Crippen molar-refractivity contribution < 1.29 is 4.74 Å². The Morgan fingerprint density at radius 2 is 2.55 bits per heavy atom. The van der Waals surface area contributed by atoms with Crippen molar-refractivity contribution in [3.63, 3.8) is 0 Å². The monoisotopic (exact) mass is 169 g/mol. The molecule has 2 heterocycles. The summed E-state index contributed by atoms with van der Waals surface area (Å²) in [5.41, 5.74) is 1.14. The van der Waals surface area contributed by atoms with Crippen LogP contribution in [0.1, 0.15) is 10.7 Å². The summed E-state index contributed by atoms with van der Waals surface area (Å²) in [6.07, 6.45) is 1.11. The first-order valence-corrected chi connectivity index (χ1v) is 4.71. The second-order valence-electron chi connectivity index (χ2n) is 2.99. The van der Waals surface area contributed by atoms with Crippen molar-refractivity contribution in [2.24, 2.45) is 5.92 Å². The molecule has 1 aliphatic rings. The van der Waals surface area contributed by atoms with Crippen LogP contribution >= 0.6 is 11.3 Å². The van der Waals surface area contributed by atoms with Crippen LogP contribution in [0.4, 0.5) is 0 Å². The van der Waals surface area contributed by atoms with Crippen LogP contribution in [0.25, 0.3) is 0 Å². The maximum Gasteiger partial charge on any atom is 0.0932 e. The fourth-order valence-electron chi connectivity index (χ4n) is 1.15. The zero-order valence-corrected chi connectivity index (χ0v) is 7.36. The molecule has 1 fully saturated rings. The van der Waals surface area contributed by atoms with Crippen LogP contribution in [0.5, 0.6) is 0 Å². The largest absolute Gasteiger partial charge is 0.381 e. The molecule has 2 rings (SSSR count). The molecule has 60 valence electrons. The molecule has 1 aromatic rings. The Bertz CT molecular complexity index is 242. The molecule has 11 heavy (non-hydrogen) atoms. The van der Waals surface area contributed by atoms with Crippen LogP contribution in [0.3, 0.4) is 0 Å². The van der Waals surface area contributed by atoms with Gasteiger partial charge in [-0.3, -0.25) is 0 Å². The second kappa shape index (κ2) is 2.91. The van der Waals surface area contributed by atoms with Crippen molar-refractivity contribution in [1.29, 1.82) is 0 Å². The molecule has 1 aliphatic heterocycles. The molecule has 0 unspecified atom stereocenters. The summed E-state index contributed by atoms with van der Waals surface area (Å²) in [5, 5.41) is 3.37. The summed E-state index contributed by atoms with van der Waals surface area (Å²) in [7, 11) is 0. The first-order valence-electron chi connectivity index (χ1n) is 3.83. The van der Waals surface area contributed by atoms with Gasteiger partial charge in [-0.15, -0.1) is 11.3 Å². The van der Waals surface area contributed by atoms with E-state index in [0.29, 0.717) is 0 Å². The van der Waals surface area contributed by atoms with Gasteiger partial charge in [-0.25, -0.2) is 4.98 Å². The van der Waals surface area contributed by atoms with Crippen molar-refractivity contribution >= 4 is 11.3 Å². The predicted molar refractivity (Wildman–Crippen MR) is 44.9 cm³/mol. The fourth-order valence-corrected chi connectivity index (χ4v) is 2.03. The quantitative estimate of drug-likeness (QED) is 0.671. The van der Waals surface area contributed by atoms with E-state index in [1.165, 1.54) is 5.01 Å². The van der Waals surface area contributed by atoms with Gasteiger partial charge in [-0.1, -0.05) is 0 Å². The maximum absolute atomic E-state index is 5.09. The molecule has 2 nitrogen and oxygen atoms in total. The van der Waals surface area contributed by atoms with E-state index in [-0.39, 0.29) is 0 Å². The molecular weight excluding hydrogens is 158 g/mol. The summed E-state index contributed by atoms with van der Waals surface area (Å²) in [6.45, 7) is 3.90. The van der Waals surface area contributed by atoms with Gasteiger partial charge in [0, 0.05) is 23.4 Å². The van der Waals surface area contributed by atoms with Gasteiger partial charge in [0.1, 0.15) is 0 Å². The van der Waals surface area contributed by atoms with Gasteiger partial charge < -0.3 is 4.74 Å². The van der Waals surface area contributed by atoms with Crippen molar-refractivity contribution in [3.05, 3.63) is 16.1 Å². The van der Waals surface area contributed by atoms with Gasteiger partial charge >= 0.3 is 0 Å². The number of nitrogens with zero attached hydrogens (tertiary/aromatic N) is 1. The number of thiazole rings is 1. The van der Waals surface area contributed by atoms with E-state index < -0.39 is 0 Å². The maximum atomic E-state index is 5.09. The van der Waals surface area contributed by atoms with Crippen LogP contribution in [0.2, 0.25) is 0 Å². The first-order chi connectivity index (χ1) is 5.34. The highest BCUT2D eigenvalue weighted by Crippen LogP contribution is 2.19. The Morgan fingerprint density at radius 1 is 1.73 bits per heavy atom. The van der Waals surface area contributed by atoms with Crippen molar-refractivity contribution in [1.82, 2.24) is 4.98 Å². The molecule has 0 spiro atoms. The minimum atomic E-state index is 0.737. The van der Waals surface area contributed by atoms with E-state index in [4.69, 9.17) is 4.74 Å². The second-order valence-corrected chi connectivity index (χ2v) is 3.93. The molecule has 0 N–H and O–H groups in total. The number of ether oxygens (including phenoxy) is 1. The smallest absolute Gasteiger partial charge is 0.0932 e. The minimum Gasteiger partial charge on any atom is -0.381 e. The molecule has 0 saturated carbocycles. The zero-order valence-electron chi connectivity index (χ0n) is 6.54. The van der Waals surface area contributed by atoms with E-state index in [1.807, 2.05) is 6.92 Å². The van der Waals surface area contributed by atoms with Crippen LogP contribution in [0.15, 0.2) is 5.38 Å². The molecule has 1 saturated heterocycles. The predicted octanol–water partition coefficient (Wildman–Crippen LogP) is 1.64. The summed E-state index contributed by atoms with van der Waals surface area (Å²) >= 11 is 1.76. The molecule has 0 atom stereocenters. The molecule has 0 amide bonds. The lowest BCUT2D eigenvalue weighted by Gasteiger charge is -2.24. The molecule has 0 bridgehead atoms. The standard InChI is InChI=1S/C8H11NOS/c1-6-5-11-8(9-6)2-7-3-10-4-7/h5,7H,2-4H2,1H3. The zero-order chi connectivity index (χ0) is 7.68. The van der Waals surface area contributed by atoms with E-state index in [9.17, 15) is 0 Å². The van der Waals surface area contributed by atoms with Gasteiger partial charge in [-0.05, 0) is 6.92 Å². The fraction of sp³-hybridized carbons (Fsp3) is 0.625. The Hall–Kier alpha value is -0.410. The lowest BCUT2D eigenvalue weighted by Crippen LogP contribution is -2.29. The van der Waals surface area contributed by atoms with E-state index in [2.05, 4.69) is 10.4 Å². The SMILES string of the molecule is Cc1csc(CC2COC2)n1. The van der Waals surface area contributed by atoms with Gasteiger partial charge in [0.25, 0.3) is 0 Å². The summed E-state index contributed by atoms with van der Waals surface area (Å²) in [4.78, 5) is 4.40. The highest BCUT2D eigenvalue weighted by molar-refractivity contribution is 7.09. The molecule has 1 aromatic heterocycles. The highest BCUT2D eigenvalue weighted by Gasteiger charge is 2.19. The Morgan fingerprint density at radius 3 is 3.00 bits per heavy atom. The minimum absolute atomic E-state index is 0.737. The van der Waals surface area contributed by atoms with E-state index >= 15 is 0 Å². The highest BCUT2D eigenvalue weighted by atomic mass is 32.1. The number of aryl methyl sites for hydroxylation is 1. The topological polar surface area (TPSA) is 22.1 Å². The first kappa shape index (κ1) is 7.25. The number of hydrogen-bond donors (Lipinski definition) is 0. The molecule has 0 aromatic carbocycles. The van der Waals surface area contributed by atoms with Crippen LogP contribution in [-0.4, -0.2) is 18.2 Å². The summed E-state index contributed by atoms with van der Waals surface area (Å²) in [6, 6.07) is 0. The van der Waals surface area contributed by atoms with Gasteiger partial charge in [0.2, 0.25) is 0 Å². The average Bonchev–Trinajstić information content (AvgIpc) is 2.27. The van der Waals surface area contributed by atoms with Crippen molar-refractivity contribution in [3.8, 4) is 0 Å². The van der Waals surface area contributed by atoms with Crippen LogP contribution < -0.4 is 0 Å². The van der Waals surface area contributed by atoms with Crippen LogP contribution in [-0.2, 0) is 11.2 Å². The third-order valence-corrected chi connectivity index (χ3v) is 2.83. The van der Waals surface area contributed by atoms with Gasteiger partial charge in [-0.2, -0.15) is 0 Å². The number of hydrogen-bond acceptors (Lipinski definition) is 3.